The van der Waals surface area contributed by atoms with Crippen molar-refractivity contribution >= 4 is 27.8 Å². The Morgan fingerprint density at radius 3 is 2.68 bits per heavy atom. The van der Waals surface area contributed by atoms with E-state index in [1.165, 1.54) is 38.1 Å². The molecule has 28 heavy (non-hydrogen) atoms. The molecule has 0 bridgehead atoms. The van der Waals surface area contributed by atoms with Crippen molar-refractivity contribution in [1.29, 1.82) is 0 Å². The lowest BCUT2D eigenvalue weighted by molar-refractivity contribution is 0.340. The first-order chi connectivity index (χ1) is 13.6. The molecular formula is C19H15N3O5S. The second-order valence-corrected chi connectivity index (χ2v) is 6.58. The third-order valence-electron chi connectivity index (χ3n) is 4.10. The standard InChI is InChI=1S/C19H15N3O5S/c1-25-14-6-11(7-15(26-2)17(14)23)8-21-22-10-20-18-16(19(22)24)12(9-28-18)13-4-3-5-27-13/h3-10,23H,1-2H3/b21-8+. The molecule has 8 nitrogen and oxygen atoms in total. The summed E-state index contributed by atoms with van der Waals surface area (Å²) >= 11 is 1.36. The number of phenolic OH excluding ortho intramolecular Hbond substituents is 1. The topological polar surface area (TPSA) is 99.1 Å². The Morgan fingerprint density at radius 1 is 1.29 bits per heavy atom. The minimum Gasteiger partial charge on any atom is -0.502 e. The Hall–Kier alpha value is -3.59. The van der Waals surface area contributed by atoms with Crippen LogP contribution in [-0.2, 0) is 0 Å². The highest BCUT2D eigenvalue weighted by Crippen LogP contribution is 2.36. The lowest BCUT2D eigenvalue weighted by Crippen LogP contribution is -2.16. The number of nitrogens with zero attached hydrogens (tertiary/aromatic N) is 3. The molecule has 0 fully saturated rings. The molecule has 3 aromatic heterocycles. The van der Waals surface area contributed by atoms with Crippen LogP contribution in [0, 0.1) is 0 Å². The van der Waals surface area contributed by atoms with E-state index >= 15 is 0 Å². The van der Waals surface area contributed by atoms with E-state index in [-0.39, 0.29) is 22.8 Å². The molecule has 0 radical (unpaired) electrons. The number of aromatic hydroxyl groups is 1. The zero-order valence-electron chi connectivity index (χ0n) is 14.9. The summed E-state index contributed by atoms with van der Waals surface area (Å²) in [4.78, 5) is 17.8. The lowest BCUT2D eigenvalue weighted by Gasteiger charge is -2.09. The van der Waals surface area contributed by atoms with Crippen LogP contribution in [0.3, 0.4) is 0 Å². The molecule has 1 aromatic carbocycles. The van der Waals surface area contributed by atoms with E-state index in [2.05, 4.69) is 10.1 Å². The van der Waals surface area contributed by atoms with Crippen LogP contribution in [0.25, 0.3) is 21.5 Å². The molecule has 0 amide bonds. The molecule has 0 aliphatic heterocycles. The summed E-state index contributed by atoms with van der Waals surface area (Å²) in [7, 11) is 2.87. The van der Waals surface area contributed by atoms with Gasteiger partial charge in [-0.2, -0.15) is 9.78 Å². The Kier molecular flexibility index (Phi) is 4.58. The van der Waals surface area contributed by atoms with E-state index in [9.17, 15) is 9.90 Å². The molecule has 4 aromatic rings. The summed E-state index contributed by atoms with van der Waals surface area (Å²) in [6.07, 6.45) is 4.37. The van der Waals surface area contributed by atoms with Crippen LogP contribution in [0.5, 0.6) is 17.2 Å². The van der Waals surface area contributed by atoms with E-state index in [0.29, 0.717) is 27.1 Å². The SMILES string of the molecule is COc1cc(/C=N/n2cnc3scc(-c4ccco4)c3c2=O)cc(OC)c1O. The fourth-order valence-electron chi connectivity index (χ4n) is 2.74. The highest BCUT2D eigenvalue weighted by Gasteiger charge is 2.15. The first-order valence-electron chi connectivity index (χ1n) is 8.14. The zero-order valence-corrected chi connectivity index (χ0v) is 15.8. The minimum absolute atomic E-state index is 0.108. The molecule has 0 atom stereocenters. The van der Waals surface area contributed by atoms with Gasteiger partial charge in [0.25, 0.3) is 5.56 Å². The quantitative estimate of drug-likeness (QED) is 0.519. The van der Waals surface area contributed by atoms with Crippen LogP contribution in [0.1, 0.15) is 5.56 Å². The molecule has 0 aliphatic rings. The number of thiophene rings is 1. The monoisotopic (exact) mass is 397 g/mol. The molecule has 0 saturated heterocycles. The van der Waals surface area contributed by atoms with Gasteiger partial charge in [0.2, 0.25) is 5.75 Å². The number of hydrogen-bond acceptors (Lipinski definition) is 8. The first-order valence-corrected chi connectivity index (χ1v) is 9.02. The predicted octanol–water partition coefficient (Wildman–Crippen LogP) is 3.32. The van der Waals surface area contributed by atoms with Gasteiger partial charge < -0.3 is 19.0 Å². The van der Waals surface area contributed by atoms with Crippen LogP contribution in [0.2, 0.25) is 0 Å². The van der Waals surface area contributed by atoms with Gasteiger partial charge in [-0.3, -0.25) is 4.79 Å². The molecular weight excluding hydrogens is 382 g/mol. The molecule has 0 spiro atoms. The maximum absolute atomic E-state index is 12.9. The first kappa shape index (κ1) is 17.8. The summed E-state index contributed by atoms with van der Waals surface area (Å²) in [5.41, 5.74) is 0.946. The van der Waals surface area contributed by atoms with Gasteiger partial charge in [0.05, 0.1) is 32.1 Å². The number of hydrogen-bond donors (Lipinski definition) is 1. The molecule has 3 heterocycles. The Balaban J connectivity index is 1.78. The average molecular weight is 397 g/mol. The summed E-state index contributed by atoms with van der Waals surface area (Å²) < 4.78 is 16.8. The average Bonchev–Trinajstić information content (AvgIpc) is 3.38. The summed E-state index contributed by atoms with van der Waals surface area (Å²) in [6, 6.07) is 6.71. The highest BCUT2D eigenvalue weighted by molar-refractivity contribution is 7.17. The molecule has 1 N–H and O–H groups in total. The zero-order chi connectivity index (χ0) is 19.7. The predicted molar refractivity (Wildman–Crippen MR) is 106 cm³/mol. The Bertz CT molecular complexity index is 1200. The number of benzene rings is 1. The van der Waals surface area contributed by atoms with E-state index < -0.39 is 0 Å². The van der Waals surface area contributed by atoms with Crippen LogP contribution >= 0.6 is 11.3 Å². The van der Waals surface area contributed by atoms with Crippen molar-refractivity contribution < 1.29 is 19.0 Å². The number of ether oxygens (including phenoxy) is 2. The minimum atomic E-state index is -0.313. The van der Waals surface area contributed by atoms with Crippen molar-refractivity contribution in [3.05, 3.63) is 58.2 Å². The Morgan fingerprint density at radius 2 is 2.04 bits per heavy atom. The molecule has 4 rings (SSSR count). The van der Waals surface area contributed by atoms with Crippen molar-refractivity contribution in [3.8, 4) is 28.6 Å². The van der Waals surface area contributed by atoms with Crippen molar-refractivity contribution in [1.82, 2.24) is 9.66 Å². The number of rotatable bonds is 5. The normalized spacial score (nSPS) is 11.4. The van der Waals surface area contributed by atoms with Crippen molar-refractivity contribution in [2.45, 2.75) is 0 Å². The van der Waals surface area contributed by atoms with E-state index in [1.54, 1.807) is 30.5 Å². The fraction of sp³-hybridized carbons (Fsp3) is 0.105. The van der Waals surface area contributed by atoms with Crippen LogP contribution in [0.4, 0.5) is 0 Å². The molecule has 142 valence electrons. The van der Waals surface area contributed by atoms with Crippen molar-refractivity contribution in [3.63, 3.8) is 0 Å². The Labute approximate surface area is 162 Å². The van der Waals surface area contributed by atoms with E-state index in [1.807, 2.05) is 5.38 Å². The maximum Gasteiger partial charge on any atom is 0.283 e. The second-order valence-electron chi connectivity index (χ2n) is 5.72. The van der Waals surface area contributed by atoms with Crippen LogP contribution in [0.15, 0.2) is 56.5 Å². The number of furan rings is 1. The van der Waals surface area contributed by atoms with Crippen LogP contribution in [-0.4, -0.2) is 35.2 Å². The van der Waals surface area contributed by atoms with Gasteiger partial charge in [0.1, 0.15) is 16.9 Å². The summed E-state index contributed by atoms with van der Waals surface area (Å²) in [6.45, 7) is 0. The third-order valence-corrected chi connectivity index (χ3v) is 4.98. The van der Waals surface area contributed by atoms with Gasteiger partial charge in [-0.25, -0.2) is 4.98 Å². The van der Waals surface area contributed by atoms with Gasteiger partial charge in [-0.05, 0) is 24.3 Å². The molecule has 9 heteroatoms. The van der Waals surface area contributed by atoms with Gasteiger partial charge in [-0.1, -0.05) is 0 Å². The van der Waals surface area contributed by atoms with Gasteiger partial charge >= 0.3 is 0 Å². The van der Waals surface area contributed by atoms with E-state index in [4.69, 9.17) is 13.9 Å². The number of phenols is 1. The largest absolute Gasteiger partial charge is 0.502 e. The molecule has 0 saturated carbocycles. The second kappa shape index (κ2) is 7.20. The van der Waals surface area contributed by atoms with Gasteiger partial charge in [0.15, 0.2) is 11.5 Å². The van der Waals surface area contributed by atoms with Gasteiger partial charge in [-0.15, -0.1) is 11.3 Å². The fourth-order valence-corrected chi connectivity index (χ4v) is 3.62. The van der Waals surface area contributed by atoms with Gasteiger partial charge in [0, 0.05) is 16.5 Å². The lowest BCUT2D eigenvalue weighted by atomic mass is 10.2. The van der Waals surface area contributed by atoms with Crippen molar-refractivity contribution in [2.24, 2.45) is 5.10 Å². The highest BCUT2D eigenvalue weighted by atomic mass is 32.1. The molecule has 0 aliphatic carbocycles. The summed E-state index contributed by atoms with van der Waals surface area (Å²) in [5.74, 6) is 0.961. The van der Waals surface area contributed by atoms with E-state index in [0.717, 1.165) is 4.68 Å². The number of fused-ring (bicyclic) bond motifs is 1. The smallest absolute Gasteiger partial charge is 0.283 e. The number of methoxy groups -OCH3 is 2. The van der Waals surface area contributed by atoms with Crippen LogP contribution < -0.4 is 15.0 Å². The molecule has 0 unspecified atom stereocenters. The summed E-state index contributed by atoms with van der Waals surface area (Å²) in [5, 5.41) is 16.5. The third kappa shape index (κ3) is 3.01. The number of aromatic nitrogens is 2. The maximum atomic E-state index is 12.9. The van der Waals surface area contributed by atoms with Crippen molar-refractivity contribution in [2.75, 3.05) is 14.2 Å².